The minimum absolute atomic E-state index is 0.837. The standard InChI is InChI=1S/C15H21N5S/c1-11-12(2)21-15(17-11)10-19-6-8-20(9-7-19)14-4-5-16-13(3)18-14/h4-5H,6-10H2,1-3H3. The third-order valence-electron chi connectivity index (χ3n) is 3.89. The van der Waals surface area contributed by atoms with Crippen LogP contribution in [0.3, 0.4) is 0 Å². The maximum absolute atomic E-state index is 4.64. The summed E-state index contributed by atoms with van der Waals surface area (Å²) in [6, 6.07) is 2.00. The molecule has 2 aromatic heterocycles. The Hall–Kier alpha value is -1.53. The van der Waals surface area contributed by atoms with Crippen molar-refractivity contribution >= 4 is 17.2 Å². The molecule has 1 aliphatic rings. The van der Waals surface area contributed by atoms with Gasteiger partial charge in [0.05, 0.1) is 12.2 Å². The average Bonchev–Trinajstić information content (AvgIpc) is 2.78. The van der Waals surface area contributed by atoms with Crippen LogP contribution in [-0.4, -0.2) is 46.0 Å². The second-order valence-corrected chi connectivity index (χ2v) is 6.76. The van der Waals surface area contributed by atoms with E-state index in [1.165, 1.54) is 15.6 Å². The number of hydrogen-bond donors (Lipinski definition) is 0. The first kappa shape index (κ1) is 14.4. The summed E-state index contributed by atoms with van der Waals surface area (Å²) in [5.41, 5.74) is 1.17. The molecular formula is C15H21N5S. The van der Waals surface area contributed by atoms with Gasteiger partial charge in [-0.3, -0.25) is 4.90 Å². The van der Waals surface area contributed by atoms with Gasteiger partial charge in [0.25, 0.3) is 0 Å². The molecule has 0 atom stereocenters. The Kier molecular flexibility index (Phi) is 4.17. The number of hydrogen-bond acceptors (Lipinski definition) is 6. The molecule has 0 radical (unpaired) electrons. The molecule has 3 heterocycles. The van der Waals surface area contributed by atoms with Crippen LogP contribution in [0.1, 0.15) is 21.4 Å². The van der Waals surface area contributed by atoms with Gasteiger partial charge in [-0.15, -0.1) is 11.3 Å². The predicted octanol–water partition coefficient (Wildman–Crippen LogP) is 2.18. The summed E-state index contributed by atoms with van der Waals surface area (Å²) in [5, 5.41) is 1.23. The fourth-order valence-corrected chi connectivity index (χ4v) is 3.53. The average molecular weight is 303 g/mol. The van der Waals surface area contributed by atoms with Gasteiger partial charge in [0.2, 0.25) is 0 Å². The molecule has 21 heavy (non-hydrogen) atoms. The number of aromatic nitrogens is 3. The van der Waals surface area contributed by atoms with E-state index in [1.54, 1.807) is 0 Å². The van der Waals surface area contributed by atoms with Crippen LogP contribution in [0, 0.1) is 20.8 Å². The van der Waals surface area contributed by atoms with Gasteiger partial charge in [-0.2, -0.15) is 0 Å². The highest BCUT2D eigenvalue weighted by Crippen LogP contribution is 2.19. The molecule has 2 aromatic rings. The Morgan fingerprint density at radius 2 is 1.86 bits per heavy atom. The zero-order chi connectivity index (χ0) is 14.8. The molecule has 0 spiro atoms. The molecule has 1 saturated heterocycles. The number of piperazine rings is 1. The number of nitrogens with zero attached hydrogens (tertiary/aromatic N) is 5. The van der Waals surface area contributed by atoms with Gasteiger partial charge in [0.15, 0.2) is 0 Å². The maximum atomic E-state index is 4.64. The van der Waals surface area contributed by atoms with Gasteiger partial charge in [-0.1, -0.05) is 0 Å². The summed E-state index contributed by atoms with van der Waals surface area (Å²) in [6.07, 6.45) is 1.84. The lowest BCUT2D eigenvalue weighted by atomic mass is 10.3. The summed E-state index contributed by atoms with van der Waals surface area (Å²) in [6.45, 7) is 11.3. The van der Waals surface area contributed by atoms with Crippen molar-refractivity contribution < 1.29 is 0 Å². The van der Waals surface area contributed by atoms with Gasteiger partial charge in [-0.05, 0) is 26.8 Å². The smallest absolute Gasteiger partial charge is 0.132 e. The SMILES string of the molecule is Cc1nccc(N2CCN(Cc3nc(C)c(C)s3)CC2)n1. The van der Waals surface area contributed by atoms with E-state index in [0.29, 0.717) is 0 Å². The lowest BCUT2D eigenvalue weighted by Crippen LogP contribution is -2.46. The summed E-state index contributed by atoms with van der Waals surface area (Å²) in [7, 11) is 0. The molecule has 6 heteroatoms. The van der Waals surface area contributed by atoms with Gasteiger partial charge in [-0.25, -0.2) is 15.0 Å². The molecule has 3 rings (SSSR count). The predicted molar refractivity (Wildman–Crippen MR) is 85.8 cm³/mol. The molecule has 1 fully saturated rings. The van der Waals surface area contributed by atoms with Gasteiger partial charge in [0.1, 0.15) is 16.6 Å². The second-order valence-electron chi connectivity index (χ2n) is 5.47. The number of thiazole rings is 1. The molecule has 5 nitrogen and oxygen atoms in total. The molecule has 0 unspecified atom stereocenters. The van der Waals surface area contributed by atoms with E-state index in [-0.39, 0.29) is 0 Å². The molecular weight excluding hydrogens is 282 g/mol. The van der Waals surface area contributed by atoms with E-state index in [2.05, 4.69) is 38.6 Å². The Balaban J connectivity index is 1.57. The van der Waals surface area contributed by atoms with Crippen LogP contribution in [0.2, 0.25) is 0 Å². The monoisotopic (exact) mass is 303 g/mol. The zero-order valence-corrected chi connectivity index (χ0v) is 13.7. The highest BCUT2D eigenvalue weighted by molar-refractivity contribution is 7.11. The molecule has 0 bridgehead atoms. The van der Waals surface area contributed by atoms with Gasteiger partial charge >= 0.3 is 0 Å². The number of rotatable bonds is 3. The summed E-state index contributed by atoms with van der Waals surface area (Å²) in [4.78, 5) is 19.4. The minimum Gasteiger partial charge on any atom is -0.354 e. The van der Waals surface area contributed by atoms with E-state index >= 15 is 0 Å². The quantitative estimate of drug-likeness (QED) is 0.869. The van der Waals surface area contributed by atoms with Crippen molar-refractivity contribution in [1.82, 2.24) is 19.9 Å². The Morgan fingerprint density at radius 1 is 1.10 bits per heavy atom. The fourth-order valence-electron chi connectivity index (χ4n) is 2.55. The highest BCUT2D eigenvalue weighted by atomic mass is 32.1. The molecule has 0 amide bonds. The van der Waals surface area contributed by atoms with E-state index in [9.17, 15) is 0 Å². The summed E-state index contributed by atoms with van der Waals surface area (Å²) in [5.74, 6) is 1.88. The zero-order valence-electron chi connectivity index (χ0n) is 12.8. The molecule has 1 aliphatic heterocycles. The van der Waals surface area contributed by atoms with Crippen LogP contribution >= 0.6 is 11.3 Å². The van der Waals surface area contributed by atoms with Gasteiger partial charge in [0, 0.05) is 37.3 Å². The Bertz CT molecular complexity index is 597. The Labute approximate surface area is 129 Å². The first-order valence-corrected chi connectivity index (χ1v) is 8.13. The molecule has 0 N–H and O–H groups in total. The van der Waals surface area contributed by atoms with E-state index in [1.807, 2.05) is 30.5 Å². The lowest BCUT2D eigenvalue weighted by Gasteiger charge is -2.34. The topological polar surface area (TPSA) is 45.2 Å². The van der Waals surface area contributed by atoms with Crippen LogP contribution in [0.15, 0.2) is 12.3 Å². The van der Waals surface area contributed by atoms with E-state index < -0.39 is 0 Å². The summed E-state index contributed by atoms with van der Waals surface area (Å²) < 4.78 is 0. The first-order valence-electron chi connectivity index (χ1n) is 7.31. The van der Waals surface area contributed by atoms with Gasteiger partial charge < -0.3 is 4.90 Å². The molecule has 0 aliphatic carbocycles. The molecule has 0 aromatic carbocycles. The Morgan fingerprint density at radius 3 is 2.48 bits per heavy atom. The molecule has 0 saturated carbocycles. The van der Waals surface area contributed by atoms with Crippen molar-refractivity contribution in [2.24, 2.45) is 0 Å². The fraction of sp³-hybridized carbons (Fsp3) is 0.533. The second kappa shape index (κ2) is 6.07. The van der Waals surface area contributed by atoms with Crippen molar-refractivity contribution in [2.45, 2.75) is 27.3 Å². The first-order chi connectivity index (χ1) is 10.1. The van der Waals surface area contributed by atoms with E-state index in [0.717, 1.165) is 44.4 Å². The largest absolute Gasteiger partial charge is 0.354 e. The van der Waals surface area contributed by atoms with Crippen molar-refractivity contribution in [2.75, 3.05) is 31.1 Å². The van der Waals surface area contributed by atoms with Crippen molar-refractivity contribution in [3.63, 3.8) is 0 Å². The van der Waals surface area contributed by atoms with Crippen LogP contribution in [0.25, 0.3) is 0 Å². The number of aryl methyl sites for hydroxylation is 3. The minimum atomic E-state index is 0.837. The van der Waals surface area contributed by atoms with Crippen LogP contribution < -0.4 is 4.90 Å². The molecule has 112 valence electrons. The van der Waals surface area contributed by atoms with Crippen molar-refractivity contribution in [3.8, 4) is 0 Å². The number of anilines is 1. The lowest BCUT2D eigenvalue weighted by molar-refractivity contribution is 0.249. The van der Waals surface area contributed by atoms with E-state index in [4.69, 9.17) is 0 Å². The van der Waals surface area contributed by atoms with Crippen molar-refractivity contribution in [3.05, 3.63) is 33.7 Å². The normalized spacial score (nSPS) is 16.4. The van der Waals surface area contributed by atoms with Crippen LogP contribution in [0.5, 0.6) is 0 Å². The van der Waals surface area contributed by atoms with Crippen LogP contribution in [0.4, 0.5) is 5.82 Å². The summed E-state index contributed by atoms with van der Waals surface area (Å²) >= 11 is 1.82. The third kappa shape index (κ3) is 3.39. The third-order valence-corrected chi connectivity index (χ3v) is 4.95. The van der Waals surface area contributed by atoms with Crippen molar-refractivity contribution in [1.29, 1.82) is 0 Å². The van der Waals surface area contributed by atoms with Crippen LogP contribution in [-0.2, 0) is 6.54 Å². The maximum Gasteiger partial charge on any atom is 0.132 e. The highest BCUT2D eigenvalue weighted by Gasteiger charge is 2.19.